The molecule has 0 saturated heterocycles. The summed E-state index contributed by atoms with van der Waals surface area (Å²) in [5, 5.41) is 8.74. The minimum absolute atomic E-state index is 0.135. The van der Waals surface area contributed by atoms with E-state index in [9.17, 15) is 8.42 Å². The first-order valence-corrected chi connectivity index (χ1v) is 7.84. The molecule has 0 aromatic heterocycles. The molecule has 0 heterocycles. The Hall–Kier alpha value is -2.52. The summed E-state index contributed by atoms with van der Waals surface area (Å²) in [6, 6.07) is 15.2. The van der Waals surface area contributed by atoms with E-state index in [0.29, 0.717) is 22.5 Å². The fourth-order valence-electron chi connectivity index (χ4n) is 1.86. The molecule has 0 spiro atoms. The lowest BCUT2D eigenvalue weighted by molar-refractivity contribution is 0.593. The molecule has 0 fully saturated rings. The van der Waals surface area contributed by atoms with Gasteiger partial charge in [-0.25, -0.2) is 8.42 Å². The number of nitriles is 1. The molecule has 0 aliphatic rings. The minimum Gasteiger partial charge on any atom is -0.399 e. The van der Waals surface area contributed by atoms with Crippen LogP contribution in [0.25, 0.3) is 0 Å². The van der Waals surface area contributed by atoms with E-state index in [1.165, 1.54) is 11.4 Å². The largest absolute Gasteiger partial charge is 0.399 e. The van der Waals surface area contributed by atoms with Crippen LogP contribution in [0.3, 0.4) is 0 Å². The van der Waals surface area contributed by atoms with Crippen LogP contribution in [0.2, 0.25) is 0 Å². The maximum absolute atomic E-state index is 12.4. The predicted molar refractivity (Wildman–Crippen MR) is 83.0 cm³/mol. The van der Waals surface area contributed by atoms with Crippen LogP contribution in [0.5, 0.6) is 0 Å². The molecule has 0 atom stereocenters. The molecule has 2 rings (SSSR count). The molecule has 0 aliphatic heterocycles. The van der Waals surface area contributed by atoms with Crippen LogP contribution >= 0.6 is 0 Å². The van der Waals surface area contributed by atoms with Crippen molar-refractivity contribution in [1.82, 2.24) is 0 Å². The normalized spacial score (nSPS) is 10.9. The number of rotatable bonds is 4. The molecule has 108 valence electrons. The van der Waals surface area contributed by atoms with E-state index in [0.717, 1.165) is 0 Å². The molecule has 0 bridgehead atoms. The topological polar surface area (TPSA) is 87.2 Å². The van der Waals surface area contributed by atoms with Gasteiger partial charge in [-0.1, -0.05) is 18.2 Å². The zero-order valence-electron chi connectivity index (χ0n) is 11.5. The molecular formula is C15H15N3O2S. The predicted octanol–water partition coefficient (Wildman–Crippen LogP) is 2.11. The van der Waals surface area contributed by atoms with Crippen molar-refractivity contribution in [3.8, 4) is 6.07 Å². The third-order valence-electron chi connectivity index (χ3n) is 3.08. The summed E-state index contributed by atoms with van der Waals surface area (Å²) in [6.45, 7) is 0. The van der Waals surface area contributed by atoms with Gasteiger partial charge >= 0.3 is 0 Å². The highest BCUT2D eigenvalue weighted by atomic mass is 32.2. The second-order valence-corrected chi connectivity index (χ2v) is 6.63. The molecule has 2 aromatic rings. The van der Waals surface area contributed by atoms with Crippen molar-refractivity contribution in [2.24, 2.45) is 0 Å². The van der Waals surface area contributed by atoms with Crippen LogP contribution in [-0.2, 0) is 15.8 Å². The second kappa shape index (κ2) is 5.85. The van der Waals surface area contributed by atoms with E-state index >= 15 is 0 Å². The Morgan fingerprint density at radius 2 is 1.86 bits per heavy atom. The van der Waals surface area contributed by atoms with E-state index in [2.05, 4.69) is 0 Å². The molecule has 21 heavy (non-hydrogen) atoms. The van der Waals surface area contributed by atoms with Gasteiger partial charge in [0.25, 0.3) is 0 Å². The van der Waals surface area contributed by atoms with Crippen molar-refractivity contribution in [1.29, 1.82) is 5.26 Å². The highest BCUT2D eigenvalue weighted by Gasteiger charge is 2.19. The maximum Gasteiger partial charge on any atom is 0.239 e. The van der Waals surface area contributed by atoms with Crippen molar-refractivity contribution < 1.29 is 8.42 Å². The maximum atomic E-state index is 12.4. The second-order valence-electron chi connectivity index (χ2n) is 4.63. The number of nitrogens with zero attached hydrogens (tertiary/aromatic N) is 2. The van der Waals surface area contributed by atoms with E-state index in [1.54, 1.807) is 48.5 Å². The third-order valence-corrected chi connectivity index (χ3v) is 4.83. The van der Waals surface area contributed by atoms with E-state index in [-0.39, 0.29) is 5.75 Å². The van der Waals surface area contributed by atoms with Crippen LogP contribution in [0.4, 0.5) is 11.4 Å². The van der Waals surface area contributed by atoms with Gasteiger partial charge in [0.1, 0.15) is 0 Å². The fraction of sp³-hybridized carbons (Fsp3) is 0.133. The molecule has 0 amide bonds. The lowest BCUT2D eigenvalue weighted by atomic mass is 10.2. The minimum atomic E-state index is -3.51. The average molecular weight is 301 g/mol. The number of sulfonamides is 1. The number of nitrogen functional groups attached to an aromatic ring is 1. The number of nitrogens with two attached hydrogens (primary N) is 1. The summed E-state index contributed by atoms with van der Waals surface area (Å²) >= 11 is 0. The smallest absolute Gasteiger partial charge is 0.239 e. The molecule has 2 aromatic carbocycles. The van der Waals surface area contributed by atoms with Gasteiger partial charge in [-0.05, 0) is 35.9 Å². The molecule has 0 radical (unpaired) electrons. The fourth-order valence-corrected chi connectivity index (χ4v) is 3.11. The van der Waals surface area contributed by atoms with Gasteiger partial charge < -0.3 is 5.73 Å². The van der Waals surface area contributed by atoms with Crippen LogP contribution in [0.1, 0.15) is 11.1 Å². The molecule has 5 nitrogen and oxygen atoms in total. The van der Waals surface area contributed by atoms with Crippen LogP contribution in [0, 0.1) is 11.3 Å². The van der Waals surface area contributed by atoms with Crippen molar-refractivity contribution in [3.05, 3.63) is 59.7 Å². The molecule has 2 N–H and O–H groups in total. The van der Waals surface area contributed by atoms with Gasteiger partial charge in [0.2, 0.25) is 10.0 Å². The van der Waals surface area contributed by atoms with Crippen molar-refractivity contribution >= 4 is 21.4 Å². The molecular weight excluding hydrogens is 286 g/mol. The highest BCUT2D eigenvalue weighted by molar-refractivity contribution is 7.92. The lowest BCUT2D eigenvalue weighted by Crippen LogP contribution is -2.27. The van der Waals surface area contributed by atoms with Gasteiger partial charge in [-0.2, -0.15) is 5.26 Å². The van der Waals surface area contributed by atoms with Crippen molar-refractivity contribution in [2.75, 3.05) is 17.1 Å². The van der Waals surface area contributed by atoms with Gasteiger partial charge in [0, 0.05) is 12.7 Å². The quantitative estimate of drug-likeness (QED) is 0.876. The summed E-state index contributed by atoms with van der Waals surface area (Å²) in [4.78, 5) is 0. The SMILES string of the molecule is CN(c1cccc(N)c1)S(=O)(=O)Cc1ccc(C#N)cc1. The third kappa shape index (κ3) is 3.52. The Kier molecular flexibility index (Phi) is 4.15. The summed E-state index contributed by atoms with van der Waals surface area (Å²) in [7, 11) is -2.01. The molecule has 0 aliphatic carbocycles. The lowest BCUT2D eigenvalue weighted by Gasteiger charge is -2.19. The summed E-state index contributed by atoms with van der Waals surface area (Å²) in [6.07, 6.45) is 0. The number of hydrogen-bond acceptors (Lipinski definition) is 4. The van der Waals surface area contributed by atoms with Crippen molar-refractivity contribution in [2.45, 2.75) is 5.75 Å². The zero-order chi connectivity index (χ0) is 15.5. The van der Waals surface area contributed by atoms with E-state index in [1.807, 2.05) is 6.07 Å². The Bertz CT molecular complexity index is 777. The monoisotopic (exact) mass is 301 g/mol. The first-order chi connectivity index (χ1) is 9.92. The first kappa shape index (κ1) is 14.9. The van der Waals surface area contributed by atoms with Crippen LogP contribution in [0.15, 0.2) is 48.5 Å². The number of hydrogen-bond donors (Lipinski definition) is 1. The average Bonchev–Trinajstić information content (AvgIpc) is 2.47. The summed E-state index contributed by atoms with van der Waals surface area (Å²) < 4.78 is 26.0. The van der Waals surface area contributed by atoms with Gasteiger partial charge in [-0.3, -0.25) is 4.31 Å². The van der Waals surface area contributed by atoms with Gasteiger partial charge in [-0.15, -0.1) is 0 Å². The van der Waals surface area contributed by atoms with E-state index in [4.69, 9.17) is 11.0 Å². The van der Waals surface area contributed by atoms with E-state index < -0.39 is 10.0 Å². The summed E-state index contributed by atoms with van der Waals surface area (Å²) in [5.41, 5.74) is 7.83. The Balaban J connectivity index is 2.23. The van der Waals surface area contributed by atoms with Gasteiger partial charge in [0.05, 0.1) is 23.1 Å². The van der Waals surface area contributed by atoms with Crippen LogP contribution in [-0.4, -0.2) is 15.5 Å². The van der Waals surface area contributed by atoms with Gasteiger partial charge in [0.15, 0.2) is 0 Å². The Labute approximate surface area is 124 Å². The molecule has 0 unspecified atom stereocenters. The number of benzene rings is 2. The molecule has 0 saturated carbocycles. The van der Waals surface area contributed by atoms with Crippen molar-refractivity contribution in [3.63, 3.8) is 0 Å². The Morgan fingerprint density at radius 1 is 1.19 bits per heavy atom. The zero-order valence-corrected chi connectivity index (χ0v) is 12.3. The highest BCUT2D eigenvalue weighted by Crippen LogP contribution is 2.21. The Morgan fingerprint density at radius 3 is 2.43 bits per heavy atom. The van der Waals surface area contributed by atoms with Crippen LogP contribution < -0.4 is 10.0 Å². The molecule has 6 heteroatoms. The standard InChI is InChI=1S/C15H15N3O2S/c1-18(15-4-2-3-14(17)9-15)21(19,20)11-13-7-5-12(10-16)6-8-13/h2-9H,11,17H2,1H3. The number of anilines is 2. The first-order valence-electron chi connectivity index (χ1n) is 6.23. The summed E-state index contributed by atoms with van der Waals surface area (Å²) in [5.74, 6) is -0.135.